The molecule has 4 atom stereocenters. The Morgan fingerprint density at radius 1 is 1.19 bits per heavy atom. The summed E-state index contributed by atoms with van der Waals surface area (Å²) in [6.45, 7) is 8.91. The first-order valence-corrected chi connectivity index (χ1v) is 15.4. The zero-order valence-corrected chi connectivity index (χ0v) is 24.9. The van der Waals surface area contributed by atoms with Crippen LogP contribution in [-0.4, -0.2) is 78.4 Å². The van der Waals surface area contributed by atoms with Gasteiger partial charge in [0.1, 0.15) is 29.0 Å². The summed E-state index contributed by atoms with van der Waals surface area (Å²) in [5.74, 6) is -0.960. The average molecular weight is 601 g/mol. The predicted molar refractivity (Wildman–Crippen MR) is 153 cm³/mol. The summed E-state index contributed by atoms with van der Waals surface area (Å²) in [6, 6.07) is 6.27. The Morgan fingerprint density at radius 2 is 1.93 bits per heavy atom. The third kappa shape index (κ3) is 6.01. The quantitative estimate of drug-likeness (QED) is 0.414. The van der Waals surface area contributed by atoms with Crippen molar-refractivity contribution in [3.05, 3.63) is 43.1 Å². The first-order valence-electron chi connectivity index (χ1n) is 13.9. The number of pyridine rings is 1. The summed E-state index contributed by atoms with van der Waals surface area (Å²) >= 11 is 0. The molecule has 2 N–H and O–H groups in total. The minimum Gasteiger partial charge on any atom is -0.497 e. The SMILES string of the molecule is C=CC1CC1(NC(=O)C1CC(Oc2nccc3ccc(OC)cc23)CN1C(=O)OC(C)(C)C)C(=O)NS(=O)(=O)C1CC1. The standard InChI is InChI=1S/C29H36N4O8S/c1-6-18-15-29(18,26(35)32-42(37,38)21-9-10-21)31-24(34)23-14-20(16-33(23)27(36)41-28(2,3)4)40-25-22-13-19(39-5)8-7-17(22)11-12-30-25/h6-8,11-13,18,20-21,23H,1,9-10,14-16H2,2-5H3,(H,31,34)(H,32,35). The van der Waals surface area contributed by atoms with Crippen LogP contribution >= 0.6 is 0 Å². The van der Waals surface area contributed by atoms with Crippen LogP contribution in [0.15, 0.2) is 43.1 Å². The molecule has 5 rings (SSSR count). The number of fused-ring (bicyclic) bond motifs is 1. The molecule has 0 radical (unpaired) electrons. The zero-order valence-electron chi connectivity index (χ0n) is 24.1. The number of amides is 3. The van der Waals surface area contributed by atoms with Crippen LogP contribution in [0.4, 0.5) is 4.79 Å². The molecular weight excluding hydrogens is 564 g/mol. The van der Waals surface area contributed by atoms with Crippen LogP contribution < -0.4 is 19.5 Å². The third-order valence-electron chi connectivity index (χ3n) is 7.66. The van der Waals surface area contributed by atoms with Crippen LogP contribution in [0.25, 0.3) is 10.8 Å². The molecule has 1 aromatic heterocycles. The van der Waals surface area contributed by atoms with E-state index >= 15 is 0 Å². The van der Waals surface area contributed by atoms with Gasteiger partial charge in [-0.15, -0.1) is 6.58 Å². The lowest BCUT2D eigenvalue weighted by Crippen LogP contribution is -2.56. The van der Waals surface area contributed by atoms with Gasteiger partial charge in [0.05, 0.1) is 18.9 Å². The minimum atomic E-state index is -3.83. The molecule has 2 saturated carbocycles. The Labute approximate surface area is 244 Å². The van der Waals surface area contributed by atoms with E-state index in [1.165, 1.54) is 11.0 Å². The number of hydrogen-bond acceptors (Lipinski definition) is 9. The first kappa shape index (κ1) is 29.6. The monoisotopic (exact) mass is 600 g/mol. The number of sulfonamides is 1. The van der Waals surface area contributed by atoms with Gasteiger partial charge < -0.3 is 19.5 Å². The van der Waals surface area contributed by atoms with Crippen LogP contribution in [0.1, 0.15) is 46.5 Å². The number of benzene rings is 1. The lowest BCUT2D eigenvalue weighted by molar-refractivity contribution is -0.131. The fourth-order valence-corrected chi connectivity index (χ4v) is 6.54. The molecule has 13 heteroatoms. The molecule has 12 nitrogen and oxygen atoms in total. The molecule has 2 aromatic rings. The molecule has 4 unspecified atom stereocenters. The molecule has 1 aliphatic heterocycles. The number of rotatable bonds is 9. The van der Waals surface area contributed by atoms with Gasteiger partial charge in [-0.25, -0.2) is 18.2 Å². The van der Waals surface area contributed by atoms with Gasteiger partial charge in [-0.05, 0) is 63.6 Å². The number of carbonyl (C=O) groups excluding carboxylic acids is 3. The summed E-state index contributed by atoms with van der Waals surface area (Å²) in [7, 11) is -2.27. The number of likely N-dealkylation sites (tertiary alicyclic amines) is 1. The van der Waals surface area contributed by atoms with E-state index in [4.69, 9.17) is 14.2 Å². The van der Waals surface area contributed by atoms with Gasteiger partial charge in [0.25, 0.3) is 5.91 Å². The van der Waals surface area contributed by atoms with Crippen molar-refractivity contribution in [1.82, 2.24) is 19.9 Å². The van der Waals surface area contributed by atoms with E-state index in [1.807, 2.05) is 18.2 Å². The lowest BCUT2D eigenvalue weighted by Gasteiger charge is -2.29. The maximum Gasteiger partial charge on any atom is 0.411 e. The van der Waals surface area contributed by atoms with Gasteiger partial charge in [0, 0.05) is 23.9 Å². The molecule has 1 saturated heterocycles. The Morgan fingerprint density at radius 3 is 2.55 bits per heavy atom. The molecule has 226 valence electrons. The van der Waals surface area contributed by atoms with E-state index in [9.17, 15) is 22.8 Å². The Balaban J connectivity index is 1.38. The fourth-order valence-electron chi connectivity index (χ4n) is 5.17. The van der Waals surface area contributed by atoms with Crippen LogP contribution in [-0.2, 0) is 24.3 Å². The van der Waals surface area contributed by atoms with Crippen molar-refractivity contribution in [3.8, 4) is 11.6 Å². The molecule has 0 spiro atoms. The van der Waals surface area contributed by atoms with Crippen molar-refractivity contribution in [2.45, 2.75) is 75.0 Å². The highest BCUT2D eigenvalue weighted by molar-refractivity contribution is 7.91. The largest absolute Gasteiger partial charge is 0.497 e. The summed E-state index contributed by atoms with van der Waals surface area (Å²) in [6.07, 6.45) is 3.02. The number of ether oxygens (including phenoxy) is 3. The number of methoxy groups -OCH3 is 1. The summed E-state index contributed by atoms with van der Waals surface area (Å²) < 4.78 is 44.2. The van der Waals surface area contributed by atoms with Gasteiger partial charge in [-0.2, -0.15) is 0 Å². The highest BCUT2D eigenvalue weighted by Crippen LogP contribution is 2.45. The van der Waals surface area contributed by atoms with E-state index in [0.29, 0.717) is 29.9 Å². The molecule has 2 heterocycles. The van der Waals surface area contributed by atoms with E-state index < -0.39 is 62.4 Å². The highest BCUT2D eigenvalue weighted by atomic mass is 32.2. The van der Waals surface area contributed by atoms with Crippen LogP contribution in [0.5, 0.6) is 11.6 Å². The van der Waals surface area contributed by atoms with Crippen LogP contribution in [0.3, 0.4) is 0 Å². The smallest absolute Gasteiger partial charge is 0.411 e. The number of nitrogens with zero attached hydrogens (tertiary/aromatic N) is 2. The molecule has 3 amide bonds. The van der Waals surface area contributed by atoms with Crippen molar-refractivity contribution >= 4 is 38.7 Å². The van der Waals surface area contributed by atoms with Crippen molar-refractivity contribution in [2.24, 2.45) is 5.92 Å². The molecule has 42 heavy (non-hydrogen) atoms. The normalized spacial score (nSPS) is 25.4. The topological polar surface area (TPSA) is 153 Å². The van der Waals surface area contributed by atoms with Gasteiger partial charge in [0.15, 0.2) is 0 Å². The second kappa shape index (κ2) is 10.8. The maximum atomic E-state index is 13.7. The lowest BCUT2D eigenvalue weighted by atomic mass is 10.1. The zero-order chi connectivity index (χ0) is 30.4. The highest BCUT2D eigenvalue weighted by Gasteiger charge is 2.62. The average Bonchev–Trinajstić information content (AvgIpc) is 3.84. The van der Waals surface area contributed by atoms with Crippen molar-refractivity contribution < 1.29 is 37.0 Å². The predicted octanol–water partition coefficient (Wildman–Crippen LogP) is 2.67. The second-order valence-corrected chi connectivity index (χ2v) is 14.0. The fraction of sp³-hybridized carbons (Fsp3) is 0.517. The Kier molecular flexibility index (Phi) is 7.58. The van der Waals surface area contributed by atoms with Crippen molar-refractivity contribution in [1.29, 1.82) is 0 Å². The van der Waals surface area contributed by atoms with Gasteiger partial charge in [0.2, 0.25) is 21.8 Å². The van der Waals surface area contributed by atoms with Gasteiger partial charge >= 0.3 is 6.09 Å². The second-order valence-electron chi connectivity index (χ2n) is 12.0. The molecular formula is C29H36N4O8S. The van der Waals surface area contributed by atoms with Gasteiger partial charge in [-0.3, -0.25) is 19.2 Å². The number of nitrogens with one attached hydrogen (secondary N) is 2. The van der Waals surface area contributed by atoms with E-state index in [1.54, 1.807) is 40.1 Å². The molecule has 1 aromatic carbocycles. The Bertz CT molecular complexity index is 1530. The summed E-state index contributed by atoms with van der Waals surface area (Å²) in [5, 5.41) is 3.71. The number of hydrogen-bond donors (Lipinski definition) is 2. The van der Waals surface area contributed by atoms with Crippen LogP contribution in [0.2, 0.25) is 0 Å². The van der Waals surface area contributed by atoms with E-state index in [0.717, 1.165) is 5.39 Å². The molecule has 3 fully saturated rings. The molecule has 3 aliphatic rings. The maximum absolute atomic E-state index is 13.7. The minimum absolute atomic E-state index is 0.0230. The third-order valence-corrected chi connectivity index (χ3v) is 9.48. The first-order chi connectivity index (χ1) is 19.8. The van der Waals surface area contributed by atoms with E-state index in [-0.39, 0.29) is 19.4 Å². The summed E-state index contributed by atoms with van der Waals surface area (Å²) in [4.78, 5) is 45.8. The number of aromatic nitrogens is 1. The Hall–Kier alpha value is -3.87. The number of carbonyl (C=O) groups is 3. The summed E-state index contributed by atoms with van der Waals surface area (Å²) in [5.41, 5.74) is -2.30. The van der Waals surface area contributed by atoms with E-state index in [2.05, 4.69) is 21.6 Å². The molecule has 2 aliphatic carbocycles. The van der Waals surface area contributed by atoms with Crippen molar-refractivity contribution in [3.63, 3.8) is 0 Å². The van der Waals surface area contributed by atoms with Crippen LogP contribution in [0, 0.1) is 5.92 Å². The van der Waals surface area contributed by atoms with Crippen molar-refractivity contribution in [2.75, 3.05) is 13.7 Å². The van der Waals surface area contributed by atoms with Gasteiger partial charge in [-0.1, -0.05) is 12.1 Å². The molecule has 0 bridgehead atoms.